The highest BCUT2D eigenvalue weighted by atomic mass is 16.2. The van der Waals surface area contributed by atoms with Gasteiger partial charge in [0.25, 0.3) is 23.6 Å². The normalized spacial score (nSPS) is 14.2. The zero-order chi connectivity index (χ0) is 43.1. The highest BCUT2D eigenvalue weighted by Crippen LogP contribution is 2.46. The molecule has 0 unspecified atom stereocenters. The second-order valence-corrected chi connectivity index (χ2v) is 18.1. The molecule has 2 aliphatic rings. The molecule has 7 aromatic rings. The minimum absolute atomic E-state index is 0.147. The van der Waals surface area contributed by atoms with Crippen LogP contribution >= 0.6 is 0 Å². The number of rotatable bonds is 18. The first-order valence-electron chi connectivity index (χ1n) is 23.8. The highest BCUT2D eigenvalue weighted by molar-refractivity contribution is 6.39. The predicted molar refractivity (Wildman–Crippen MR) is 257 cm³/mol. The number of carbonyl (C=O) groups excluding carboxylic acids is 4. The third-order valence-corrected chi connectivity index (χ3v) is 14.2. The van der Waals surface area contributed by atoms with Crippen LogP contribution in [0.1, 0.15) is 172 Å². The molecule has 0 radical (unpaired) electrons. The van der Waals surface area contributed by atoms with Crippen LogP contribution in [0.2, 0.25) is 0 Å². The fourth-order valence-electron chi connectivity index (χ4n) is 11.1. The summed E-state index contributed by atoms with van der Waals surface area (Å²) in [4.78, 5) is 63.0. The number of benzene rings is 7. The smallest absolute Gasteiger partial charge is 0.262 e. The van der Waals surface area contributed by atoms with Gasteiger partial charge >= 0.3 is 0 Å². The Kier molecular flexibility index (Phi) is 11.9. The van der Waals surface area contributed by atoms with Crippen LogP contribution in [0.4, 0.5) is 0 Å². The van der Waals surface area contributed by atoms with E-state index in [1.807, 2.05) is 36.4 Å². The van der Waals surface area contributed by atoms with Crippen LogP contribution in [0.5, 0.6) is 0 Å². The van der Waals surface area contributed by atoms with E-state index < -0.39 is 0 Å². The standard InChI is InChI=1S/C56H60N2O4/c1-5-9-13-21-37(22-14-10-6-2)57-53(59)49-41-27-19-17-25-39(41)43-31-29-35-34-46-36(33-45(35)47(43)51(49)55(57)61)30-32-44-40-26-18-20-28-42(40)50-52(48(44)46)56(62)58(54(50)60)38(23-15-11-7-3)24-16-12-8-4/h17-20,25-34,37-38H,5-16,21-24H2,1-4H3. The van der Waals surface area contributed by atoms with Crippen molar-refractivity contribution in [3.05, 3.63) is 107 Å². The molecular formula is C56H60N2O4. The van der Waals surface area contributed by atoms with Crippen molar-refractivity contribution in [3.63, 3.8) is 0 Å². The predicted octanol–water partition coefficient (Wildman–Crippen LogP) is 14.9. The lowest BCUT2D eigenvalue weighted by atomic mass is 9.86. The second-order valence-electron chi connectivity index (χ2n) is 18.1. The number of hydrogen-bond donors (Lipinski definition) is 0. The summed E-state index contributed by atoms with van der Waals surface area (Å²) >= 11 is 0. The Morgan fingerprint density at radius 1 is 0.355 bits per heavy atom. The largest absolute Gasteiger partial charge is 0.271 e. The molecule has 0 saturated carbocycles. The molecule has 0 aliphatic carbocycles. The van der Waals surface area contributed by atoms with Gasteiger partial charge in [0, 0.05) is 22.9 Å². The van der Waals surface area contributed by atoms with E-state index in [-0.39, 0.29) is 35.7 Å². The maximum Gasteiger partial charge on any atom is 0.262 e. The molecule has 0 N–H and O–H groups in total. The third-order valence-electron chi connectivity index (χ3n) is 14.2. The number of carbonyl (C=O) groups is 4. The van der Waals surface area contributed by atoms with Crippen molar-refractivity contribution in [2.45, 2.75) is 143 Å². The molecule has 318 valence electrons. The van der Waals surface area contributed by atoms with E-state index >= 15 is 9.59 Å². The molecule has 7 aromatic carbocycles. The molecule has 6 nitrogen and oxygen atoms in total. The Bertz CT molecular complexity index is 2710. The summed E-state index contributed by atoms with van der Waals surface area (Å²) in [6, 6.07) is 28.5. The lowest BCUT2D eigenvalue weighted by Crippen LogP contribution is -2.40. The zero-order valence-corrected chi connectivity index (χ0v) is 37.1. The fourth-order valence-corrected chi connectivity index (χ4v) is 11.1. The average Bonchev–Trinajstić information content (AvgIpc) is 3.71. The van der Waals surface area contributed by atoms with Gasteiger partial charge < -0.3 is 0 Å². The van der Waals surface area contributed by atoms with Crippen molar-refractivity contribution in [2.24, 2.45) is 0 Å². The summed E-state index contributed by atoms with van der Waals surface area (Å²) in [7, 11) is 0. The van der Waals surface area contributed by atoms with Crippen LogP contribution in [-0.2, 0) is 0 Å². The van der Waals surface area contributed by atoms with Crippen LogP contribution < -0.4 is 0 Å². The van der Waals surface area contributed by atoms with Crippen molar-refractivity contribution >= 4 is 88.3 Å². The molecule has 2 heterocycles. The lowest BCUT2D eigenvalue weighted by Gasteiger charge is -2.26. The molecule has 0 fully saturated rings. The first-order valence-corrected chi connectivity index (χ1v) is 23.8. The number of fused-ring (bicyclic) bond motifs is 16. The maximum atomic E-state index is 15.1. The fraction of sp³-hybridized carbons (Fsp3) is 0.393. The Labute approximate surface area is 365 Å². The zero-order valence-electron chi connectivity index (χ0n) is 37.1. The van der Waals surface area contributed by atoms with Crippen LogP contribution in [0.15, 0.2) is 84.9 Å². The van der Waals surface area contributed by atoms with Crippen molar-refractivity contribution in [1.82, 2.24) is 9.80 Å². The molecule has 0 saturated heterocycles. The molecule has 2 aliphatic heterocycles. The van der Waals surface area contributed by atoms with Crippen molar-refractivity contribution < 1.29 is 19.2 Å². The van der Waals surface area contributed by atoms with Gasteiger partial charge in [-0.3, -0.25) is 29.0 Å². The van der Waals surface area contributed by atoms with Gasteiger partial charge in [0.2, 0.25) is 0 Å². The average molecular weight is 825 g/mol. The van der Waals surface area contributed by atoms with Gasteiger partial charge in [0.15, 0.2) is 0 Å². The Morgan fingerprint density at radius 2 is 0.677 bits per heavy atom. The third kappa shape index (κ3) is 6.85. The first-order chi connectivity index (χ1) is 30.3. The molecule has 4 amide bonds. The van der Waals surface area contributed by atoms with Crippen LogP contribution in [0.25, 0.3) is 64.6 Å². The quantitative estimate of drug-likeness (QED) is 0.0374. The Hall–Kier alpha value is -5.62. The number of imide groups is 2. The minimum Gasteiger partial charge on any atom is -0.271 e. The summed E-state index contributed by atoms with van der Waals surface area (Å²) in [6.45, 7) is 8.75. The number of unbranched alkanes of at least 4 members (excludes halogenated alkanes) is 8. The Balaban J connectivity index is 1.27. The van der Waals surface area contributed by atoms with Gasteiger partial charge in [-0.05, 0) is 91.7 Å². The molecule has 9 rings (SSSR count). The molecule has 0 spiro atoms. The first kappa shape index (κ1) is 41.7. The number of hydrogen-bond acceptors (Lipinski definition) is 4. The van der Waals surface area contributed by atoms with Gasteiger partial charge in [0.1, 0.15) is 0 Å². The number of nitrogens with zero attached hydrogens (tertiary/aromatic N) is 2. The van der Waals surface area contributed by atoms with E-state index in [0.29, 0.717) is 22.3 Å². The highest BCUT2D eigenvalue weighted by Gasteiger charge is 2.44. The summed E-state index contributed by atoms with van der Waals surface area (Å²) in [5.74, 6) is -0.734. The van der Waals surface area contributed by atoms with Gasteiger partial charge in [-0.15, -0.1) is 0 Å². The maximum absolute atomic E-state index is 15.1. The van der Waals surface area contributed by atoms with Crippen molar-refractivity contribution in [3.8, 4) is 0 Å². The van der Waals surface area contributed by atoms with Gasteiger partial charge in [-0.2, -0.15) is 0 Å². The summed E-state index contributed by atoms with van der Waals surface area (Å²) < 4.78 is 0. The SMILES string of the molecule is CCCCCC(CCCCC)N1C(=O)c2c(c3c4cc5ccc6c7ccccc7c7c(c6c5cc4ccc3c3ccccc23)C(=O)N(C(CCCCC)CCCCC)C7=O)C1=O. The van der Waals surface area contributed by atoms with Crippen LogP contribution in [-0.4, -0.2) is 45.5 Å². The van der Waals surface area contributed by atoms with Gasteiger partial charge in [-0.1, -0.05) is 178 Å². The molecule has 0 bridgehead atoms. The van der Waals surface area contributed by atoms with E-state index in [1.165, 1.54) is 0 Å². The molecule has 0 atom stereocenters. The van der Waals surface area contributed by atoms with Crippen molar-refractivity contribution in [1.29, 1.82) is 0 Å². The van der Waals surface area contributed by atoms with E-state index in [1.54, 1.807) is 9.80 Å². The van der Waals surface area contributed by atoms with Gasteiger partial charge in [-0.25, -0.2) is 0 Å². The Morgan fingerprint density at radius 3 is 1.02 bits per heavy atom. The molecule has 6 heteroatoms. The van der Waals surface area contributed by atoms with E-state index in [9.17, 15) is 9.59 Å². The minimum atomic E-state index is -0.189. The van der Waals surface area contributed by atoms with Crippen LogP contribution in [0.3, 0.4) is 0 Å². The second kappa shape index (κ2) is 17.6. The molecular weight excluding hydrogens is 765 g/mol. The topological polar surface area (TPSA) is 74.8 Å². The number of amides is 4. The summed E-state index contributed by atoms with van der Waals surface area (Å²) in [5.41, 5.74) is 2.04. The van der Waals surface area contributed by atoms with Gasteiger partial charge in [0.05, 0.1) is 22.3 Å². The summed E-state index contributed by atoms with van der Waals surface area (Å²) in [6.07, 6.45) is 15.8. The van der Waals surface area contributed by atoms with Crippen molar-refractivity contribution in [2.75, 3.05) is 0 Å². The molecule has 0 aromatic heterocycles. The molecule has 62 heavy (non-hydrogen) atoms. The van der Waals surface area contributed by atoms with E-state index in [2.05, 4.69) is 76.2 Å². The van der Waals surface area contributed by atoms with E-state index in [0.717, 1.165) is 167 Å². The van der Waals surface area contributed by atoms with E-state index in [4.69, 9.17) is 0 Å². The van der Waals surface area contributed by atoms with Crippen LogP contribution in [0, 0.1) is 0 Å². The monoisotopic (exact) mass is 824 g/mol. The summed E-state index contributed by atoms with van der Waals surface area (Å²) in [5, 5.41) is 10.7. The lowest BCUT2D eigenvalue weighted by molar-refractivity contribution is 0.0548.